The van der Waals surface area contributed by atoms with E-state index in [1.807, 2.05) is 0 Å². The summed E-state index contributed by atoms with van der Waals surface area (Å²) in [4.78, 5) is 0.112. The van der Waals surface area contributed by atoms with Crippen LogP contribution in [0.1, 0.15) is 12.8 Å². The largest absolute Gasteiger partial charge is 0.376 e. The number of nitrogens with zero attached hydrogens (tertiary/aromatic N) is 4. The molecule has 0 unspecified atom stereocenters. The number of aromatic nitrogens is 4. The smallest absolute Gasteiger partial charge is 0.264 e. The first kappa shape index (κ1) is 15.5. The molecular weight excluding hydrogens is 350 g/mol. The first-order chi connectivity index (χ1) is 11.6. The highest BCUT2D eigenvalue weighted by Gasteiger charge is 2.21. The van der Waals surface area contributed by atoms with Crippen LogP contribution in [0.25, 0.3) is 11.0 Å². The van der Waals surface area contributed by atoms with Gasteiger partial charge in [-0.05, 0) is 25.0 Å². The number of nitrogens with one attached hydrogen (secondary N) is 1. The van der Waals surface area contributed by atoms with Gasteiger partial charge in [-0.1, -0.05) is 6.07 Å². The summed E-state index contributed by atoms with van der Waals surface area (Å²) in [5.41, 5.74) is 1.35. The highest BCUT2D eigenvalue weighted by atomic mass is 32.2. The molecule has 0 saturated carbocycles. The Balaban J connectivity index is 1.56. The molecular formula is C14H15N5O3S2. The molecule has 1 atom stereocenters. The van der Waals surface area contributed by atoms with E-state index in [-0.39, 0.29) is 11.0 Å². The average molecular weight is 365 g/mol. The van der Waals surface area contributed by atoms with Gasteiger partial charge in [-0.15, -0.1) is 0 Å². The number of hydrogen-bond acceptors (Lipinski definition) is 7. The summed E-state index contributed by atoms with van der Waals surface area (Å²) in [7, 11) is -3.75. The van der Waals surface area contributed by atoms with Crippen LogP contribution in [0, 0.1) is 0 Å². The van der Waals surface area contributed by atoms with Crippen LogP contribution in [0.2, 0.25) is 0 Å². The quantitative estimate of drug-likeness (QED) is 0.741. The van der Waals surface area contributed by atoms with Crippen molar-refractivity contribution in [1.29, 1.82) is 0 Å². The Morgan fingerprint density at radius 3 is 3.12 bits per heavy atom. The molecule has 0 bridgehead atoms. The third-order valence-corrected chi connectivity index (χ3v) is 5.79. The second-order valence-electron chi connectivity index (χ2n) is 5.58. The zero-order valence-electron chi connectivity index (χ0n) is 12.6. The predicted molar refractivity (Wildman–Crippen MR) is 89.4 cm³/mol. The Bertz CT molecular complexity index is 960. The summed E-state index contributed by atoms with van der Waals surface area (Å²) < 4.78 is 43.2. The number of anilines is 1. The standard InChI is InChI=1S/C14H15N5O3S2/c20-24(21,13-5-1-4-12-14(13)17-23-16-12)18-10-7-15-19(8-10)9-11-3-2-6-22-11/h1,4-5,7-8,11,18H,2-3,6,9H2/t11-/m1/s1. The van der Waals surface area contributed by atoms with Crippen LogP contribution >= 0.6 is 11.7 Å². The maximum absolute atomic E-state index is 12.6. The molecule has 3 aromatic rings. The maximum atomic E-state index is 12.6. The van der Waals surface area contributed by atoms with Gasteiger partial charge in [-0.25, -0.2) is 8.42 Å². The van der Waals surface area contributed by atoms with Crippen LogP contribution in [0.5, 0.6) is 0 Å². The van der Waals surface area contributed by atoms with Gasteiger partial charge in [0.05, 0.1) is 36.3 Å². The maximum Gasteiger partial charge on any atom is 0.264 e. The minimum atomic E-state index is -3.75. The number of sulfonamides is 1. The minimum Gasteiger partial charge on any atom is -0.376 e. The second-order valence-corrected chi connectivity index (χ2v) is 7.76. The first-order valence-corrected chi connectivity index (χ1v) is 9.71. The Labute approximate surface area is 142 Å². The lowest BCUT2D eigenvalue weighted by Gasteiger charge is -2.08. The predicted octanol–water partition coefficient (Wildman–Crippen LogP) is 1.87. The second kappa shape index (κ2) is 6.11. The Morgan fingerprint density at radius 1 is 1.38 bits per heavy atom. The topological polar surface area (TPSA) is 99.0 Å². The van der Waals surface area contributed by atoms with Crippen LogP contribution in [-0.4, -0.2) is 39.7 Å². The van der Waals surface area contributed by atoms with Crippen LogP contribution in [0.15, 0.2) is 35.5 Å². The zero-order valence-corrected chi connectivity index (χ0v) is 14.3. The monoisotopic (exact) mass is 365 g/mol. The fourth-order valence-corrected chi connectivity index (χ4v) is 4.52. The number of ether oxygens (including phenoxy) is 1. The summed E-state index contributed by atoms with van der Waals surface area (Å²) in [5, 5.41) is 4.19. The third-order valence-electron chi connectivity index (χ3n) is 3.84. The van der Waals surface area contributed by atoms with E-state index in [0.717, 1.165) is 31.2 Å². The Morgan fingerprint density at radius 2 is 2.29 bits per heavy atom. The molecule has 1 aliphatic heterocycles. The third kappa shape index (κ3) is 2.99. The van der Waals surface area contributed by atoms with E-state index < -0.39 is 10.0 Å². The lowest BCUT2D eigenvalue weighted by Crippen LogP contribution is -2.15. The van der Waals surface area contributed by atoms with Gasteiger partial charge < -0.3 is 4.74 Å². The molecule has 1 fully saturated rings. The van der Waals surface area contributed by atoms with Gasteiger partial charge in [0.2, 0.25) is 0 Å². The fourth-order valence-electron chi connectivity index (χ4n) is 2.72. The van der Waals surface area contributed by atoms with Crippen molar-refractivity contribution in [3.05, 3.63) is 30.6 Å². The van der Waals surface area contributed by atoms with E-state index in [0.29, 0.717) is 23.3 Å². The summed E-state index contributed by atoms with van der Waals surface area (Å²) >= 11 is 0.989. The van der Waals surface area contributed by atoms with E-state index in [1.54, 1.807) is 23.0 Å². The van der Waals surface area contributed by atoms with Crippen molar-refractivity contribution in [3.63, 3.8) is 0 Å². The van der Waals surface area contributed by atoms with E-state index in [2.05, 4.69) is 18.6 Å². The van der Waals surface area contributed by atoms with E-state index in [4.69, 9.17) is 4.74 Å². The molecule has 0 aliphatic carbocycles. The molecule has 8 nitrogen and oxygen atoms in total. The average Bonchev–Trinajstić information content (AvgIpc) is 3.28. The van der Waals surface area contributed by atoms with Crippen molar-refractivity contribution in [2.45, 2.75) is 30.4 Å². The molecule has 0 amide bonds. The molecule has 0 spiro atoms. The SMILES string of the molecule is O=S(=O)(Nc1cnn(C[C@H]2CCCO2)c1)c1cccc2nsnc12. The van der Waals surface area contributed by atoms with Gasteiger partial charge in [0.1, 0.15) is 15.9 Å². The van der Waals surface area contributed by atoms with Crippen LogP contribution < -0.4 is 4.72 Å². The lowest BCUT2D eigenvalue weighted by molar-refractivity contribution is 0.0940. The summed E-state index contributed by atoms with van der Waals surface area (Å²) in [6, 6.07) is 4.90. The molecule has 3 heterocycles. The highest BCUT2D eigenvalue weighted by Crippen LogP contribution is 2.23. The summed E-state index contributed by atoms with van der Waals surface area (Å²) in [6.45, 7) is 1.39. The highest BCUT2D eigenvalue weighted by molar-refractivity contribution is 7.93. The van der Waals surface area contributed by atoms with Gasteiger partial charge in [0.25, 0.3) is 10.0 Å². The number of hydrogen-bond donors (Lipinski definition) is 1. The Kier molecular flexibility index (Phi) is 3.94. The van der Waals surface area contributed by atoms with E-state index in [1.165, 1.54) is 12.3 Å². The normalized spacial score (nSPS) is 18.2. The number of benzene rings is 1. The van der Waals surface area contributed by atoms with Crippen LogP contribution in [-0.2, 0) is 21.3 Å². The molecule has 1 saturated heterocycles. The Hall–Kier alpha value is -2.04. The lowest BCUT2D eigenvalue weighted by atomic mass is 10.2. The van der Waals surface area contributed by atoms with Gasteiger partial charge >= 0.3 is 0 Å². The van der Waals surface area contributed by atoms with Crippen molar-refractivity contribution in [2.75, 3.05) is 11.3 Å². The van der Waals surface area contributed by atoms with Crippen molar-refractivity contribution < 1.29 is 13.2 Å². The molecule has 1 aromatic carbocycles. The van der Waals surface area contributed by atoms with Crippen LogP contribution in [0.3, 0.4) is 0 Å². The summed E-state index contributed by atoms with van der Waals surface area (Å²) in [6.07, 6.45) is 5.35. The molecule has 24 heavy (non-hydrogen) atoms. The first-order valence-electron chi connectivity index (χ1n) is 7.50. The number of fused-ring (bicyclic) bond motifs is 1. The van der Waals surface area contributed by atoms with E-state index in [9.17, 15) is 8.42 Å². The molecule has 10 heteroatoms. The molecule has 0 radical (unpaired) electrons. The molecule has 1 aliphatic rings. The van der Waals surface area contributed by atoms with Crippen molar-refractivity contribution in [2.24, 2.45) is 0 Å². The minimum absolute atomic E-state index is 0.112. The van der Waals surface area contributed by atoms with Gasteiger partial charge in [0, 0.05) is 12.8 Å². The van der Waals surface area contributed by atoms with Gasteiger partial charge in [0.15, 0.2) is 0 Å². The van der Waals surface area contributed by atoms with Gasteiger partial charge in [-0.2, -0.15) is 13.8 Å². The molecule has 1 N–H and O–H groups in total. The summed E-state index contributed by atoms with van der Waals surface area (Å²) in [5.74, 6) is 0. The van der Waals surface area contributed by atoms with Crippen molar-refractivity contribution in [3.8, 4) is 0 Å². The molecule has 2 aromatic heterocycles. The molecule has 4 rings (SSSR count). The fraction of sp³-hybridized carbons (Fsp3) is 0.357. The number of rotatable bonds is 5. The van der Waals surface area contributed by atoms with Gasteiger partial charge in [-0.3, -0.25) is 9.40 Å². The zero-order chi connectivity index (χ0) is 16.6. The van der Waals surface area contributed by atoms with Crippen LogP contribution in [0.4, 0.5) is 5.69 Å². The van der Waals surface area contributed by atoms with E-state index >= 15 is 0 Å². The molecule has 126 valence electrons. The van der Waals surface area contributed by atoms with Crippen molar-refractivity contribution in [1.82, 2.24) is 18.5 Å². The van der Waals surface area contributed by atoms with Crippen molar-refractivity contribution >= 4 is 38.5 Å².